The van der Waals surface area contributed by atoms with Crippen LogP contribution in [0, 0.1) is 12.8 Å². The van der Waals surface area contributed by atoms with Gasteiger partial charge in [0.1, 0.15) is 0 Å². The second-order valence-electron chi connectivity index (χ2n) is 7.62. The van der Waals surface area contributed by atoms with Crippen LogP contribution in [0.5, 0.6) is 0 Å². The second-order valence-corrected chi connectivity index (χ2v) is 9.48. The van der Waals surface area contributed by atoms with Crippen LogP contribution in [0.15, 0.2) is 53.4 Å². The van der Waals surface area contributed by atoms with Gasteiger partial charge in [-0.3, -0.25) is 4.31 Å². The summed E-state index contributed by atoms with van der Waals surface area (Å²) in [5, 5.41) is 10.9. The molecule has 4 rings (SSSR count). The molecule has 0 amide bonds. The lowest BCUT2D eigenvalue weighted by Gasteiger charge is -2.39. The first-order chi connectivity index (χ1) is 13.0. The summed E-state index contributed by atoms with van der Waals surface area (Å²) in [6.07, 6.45) is 1.70. The standard InChI is InChI=1S/C21H26N2O3S/c1-16-8-10-18(11-9-16)27(25,26)23-15-17(14-22-12-4-5-13-22)21(24)19-6-2-3-7-20(19)23/h2-3,6-11,17,21,24H,4-5,12-15H2,1H3/t17-,21+/m1/s1. The van der Waals surface area contributed by atoms with E-state index < -0.39 is 16.1 Å². The number of hydrogen-bond acceptors (Lipinski definition) is 4. The lowest BCUT2D eigenvalue weighted by molar-refractivity contribution is 0.0850. The Balaban J connectivity index is 1.72. The molecule has 2 atom stereocenters. The summed E-state index contributed by atoms with van der Waals surface area (Å²) in [6, 6.07) is 14.3. The Kier molecular flexibility index (Phi) is 4.97. The van der Waals surface area contributed by atoms with E-state index in [1.54, 1.807) is 18.2 Å². The predicted molar refractivity (Wildman–Crippen MR) is 106 cm³/mol. The molecule has 2 aliphatic heterocycles. The molecule has 2 aromatic rings. The fourth-order valence-corrected chi connectivity index (χ4v) is 5.70. The molecule has 0 aromatic heterocycles. The molecular formula is C21H26N2O3S. The largest absolute Gasteiger partial charge is 0.388 e. The third-order valence-electron chi connectivity index (χ3n) is 5.67. The number of aliphatic hydroxyl groups excluding tert-OH is 1. The monoisotopic (exact) mass is 386 g/mol. The molecule has 2 heterocycles. The van der Waals surface area contributed by atoms with Gasteiger partial charge >= 0.3 is 0 Å². The van der Waals surface area contributed by atoms with E-state index >= 15 is 0 Å². The Morgan fingerprint density at radius 2 is 1.70 bits per heavy atom. The number of fused-ring (bicyclic) bond motifs is 1. The molecule has 1 fully saturated rings. The van der Waals surface area contributed by atoms with Crippen LogP contribution in [0.2, 0.25) is 0 Å². The van der Waals surface area contributed by atoms with E-state index in [0.717, 1.165) is 25.2 Å². The zero-order valence-electron chi connectivity index (χ0n) is 15.6. The molecule has 0 saturated carbocycles. The fraction of sp³-hybridized carbons (Fsp3) is 0.429. The molecule has 5 nitrogen and oxygen atoms in total. The Morgan fingerprint density at radius 1 is 1.04 bits per heavy atom. The van der Waals surface area contributed by atoms with Gasteiger partial charge in [0.05, 0.1) is 16.7 Å². The van der Waals surface area contributed by atoms with Gasteiger partial charge in [-0.1, -0.05) is 35.9 Å². The van der Waals surface area contributed by atoms with Crippen molar-refractivity contribution in [3.63, 3.8) is 0 Å². The van der Waals surface area contributed by atoms with Crippen LogP contribution in [-0.4, -0.2) is 44.6 Å². The molecule has 0 aliphatic carbocycles. The van der Waals surface area contributed by atoms with E-state index in [4.69, 9.17) is 0 Å². The Bertz CT molecular complexity index is 905. The number of likely N-dealkylation sites (tertiary alicyclic amines) is 1. The molecule has 144 valence electrons. The normalized spacial score (nSPS) is 23.4. The van der Waals surface area contributed by atoms with Crippen molar-refractivity contribution in [2.45, 2.75) is 30.8 Å². The number of sulfonamides is 1. The summed E-state index contributed by atoms with van der Waals surface area (Å²) < 4.78 is 28.2. The first-order valence-electron chi connectivity index (χ1n) is 9.55. The smallest absolute Gasteiger partial charge is 0.264 e. The van der Waals surface area contributed by atoms with Crippen LogP contribution in [0.3, 0.4) is 0 Å². The molecule has 1 saturated heterocycles. The maximum absolute atomic E-state index is 13.4. The van der Waals surface area contributed by atoms with Crippen LogP contribution in [-0.2, 0) is 10.0 Å². The minimum atomic E-state index is -3.68. The molecule has 27 heavy (non-hydrogen) atoms. The van der Waals surface area contributed by atoms with Crippen molar-refractivity contribution in [1.29, 1.82) is 0 Å². The van der Waals surface area contributed by atoms with Gasteiger partial charge in [0, 0.05) is 24.6 Å². The molecular weight excluding hydrogens is 360 g/mol. The maximum atomic E-state index is 13.4. The van der Waals surface area contributed by atoms with Crippen molar-refractivity contribution in [1.82, 2.24) is 4.90 Å². The minimum absolute atomic E-state index is 0.141. The van der Waals surface area contributed by atoms with Gasteiger partial charge in [-0.2, -0.15) is 0 Å². The van der Waals surface area contributed by atoms with E-state index in [0.29, 0.717) is 22.7 Å². The first kappa shape index (κ1) is 18.5. The highest BCUT2D eigenvalue weighted by molar-refractivity contribution is 7.92. The number of benzene rings is 2. The van der Waals surface area contributed by atoms with Crippen LogP contribution < -0.4 is 4.31 Å². The number of para-hydroxylation sites is 1. The van der Waals surface area contributed by atoms with Gasteiger partial charge in [-0.05, 0) is 51.1 Å². The lowest BCUT2D eigenvalue weighted by Crippen LogP contribution is -2.45. The average Bonchev–Trinajstić information content (AvgIpc) is 3.17. The van der Waals surface area contributed by atoms with Gasteiger partial charge < -0.3 is 10.0 Å². The van der Waals surface area contributed by atoms with Crippen LogP contribution in [0.4, 0.5) is 5.69 Å². The third kappa shape index (κ3) is 3.49. The number of hydrogen-bond donors (Lipinski definition) is 1. The van der Waals surface area contributed by atoms with E-state index in [1.807, 2.05) is 37.3 Å². The van der Waals surface area contributed by atoms with Crippen molar-refractivity contribution in [3.05, 3.63) is 59.7 Å². The summed E-state index contributed by atoms with van der Waals surface area (Å²) >= 11 is 0. The van der Waals surface area contributed by atoms with Crippen molar-refractivity contribution < 1.29 is 13.5 Å². The highest BCUT2D eigenvalue weighted by atomic mass is 32.2. The molecule has 0 spiro atoms. The minimum Gasteiger partial charge on any atom is -0.388 e. The molecule has 0 unspecified atom stereocenters. The number of nitrogens with zero attached hydrogens (tertiary/aromatic N) is 2. The van der Waals surface area contributed by atoms with Gasteiger partial charge in [-0.25, -0.2) is 8.42 Å². The summed E-state index contributed by atoms with van der Waals surface area (Å²) in [4.78, 5) is 2.62. The highest BCUT2D eigenvalue weighted by Crippen LogP contribution is 2.40. The van der Waals surface area contributed by atoms with Crippen molar-refractivity contribution in [3.8, 4) is 0 Å². The zero-order valence-corrected chi connectivity index (χ0v) is 16.4. The van der Waals surface area contributed by atoms with E-state index in [1.165, 1.54) is 17.1 Å². The van der Waals surface area contributed by atoms with Crippen molar-refractivity contribution in [2.75, 3.05) is 30.5 Å². The van der Waals surface area contributed by atoms with Crippen molar-refractivity contribution >= 4 is 15.7 Å². The summed E-state index contributed by atoms with van der Waals surface area (Å²) in [7, 11) is -3.68. The SMILES string of the molecule is Cc1ccc(S(=O)(=O)N2C[C@@H](CN3CCCC3)[C@H](O)c3ccccc32)cc1. The second kappa shape index (κ2) is 7.26. The molecule has 6 heteroatoms. The van der Waals surface area contributed by atoms with Crippen LogP contribution in [0.1, 0.15) is 30.1 Å². The first-order valence-corrected chi connectivity index (χ1v) is 11.0. The summed E-state index contributed by atoms with van der Waals surface area (Å²) in [5.74, 6) is -0.141. The van der Waals surface area contributed by atoms with Gasteiger partial charge in [0.15, 0.2) is 0 Å². The Labute approximate surface area is 161 Å². The number of anilines is 1. The van der Waals surface area contributed by atoms with Gasteiger partial charge in [-0.15, -0.1) is 0 Å². The highest BCUT2D eigenvalue weighted by Gasteiger charge is 2.38. The molecule has 2 aliphatic rings. The summed E-state index contributed by atoms with van der Waals surface area (Å²) in [6.45, 7) is 5.00. The topological polar surface area (TPSA) is 60.9 Å². The van der Waals surface area contributed by atoms with Gasteiger partial charge in [0.2, 0.25) is 0 Å². The molecule has 2 aromatic carbocycles. The van der Waals surface area contributed by atoms with Crippen LogP contribution in [0.25, 0.3) is 0 Å². The van der Waals surface area contributed by atoms with E-state index in [9.17, 15) is 13.5 Å². The van der Waals surface area contributed by atoms with E-state index in [-0.39, 0.29) is 5.92 Å². The number of aryl methyl sites for hydroxylation is 1. The van der Waals surface area contributed by atoms with Gasteiger partial charge in [0.25, 0.3) is 10.0 Å². The Morgan fingerprint density at radius 3 is 2.41 bits per heavy atom. The maximum Gasteiger partial charge on any atom is 0.264 e. The molecule has 1 N–H and O–H groups in total. The van der Waals surface area contributed by atoms with Crippen LogP contribution >= 0.6 is 0 Å². The number of rotatable bonds is 4. The number of aliphatic hydroxyl groups is 1. The average molecular weight is 387 g/mol. The summed E-state index contributed by atoms with van der Waals surface area (Å²) in [5.41, 5.74) is 2.31. The Hall–Kier alpha value is -1.89. The zero-order chi connectivity index (χ0) is 19.0. The third-order valence-corrected chi connectivity index (χ3v) is 7.47. The molecule has 0 bridgehead atoms. The fourth-order valence-electron chi connectivity index (χ4n) is 4.15. The van der Waals surface area contributed by atoms with Crippen molar-refractivity contribution in [2.24, 2.45) is 5.92 Å². The predicted octanol–water partition coefficient (Wildman–Crippen LogP) is 2.95. The van der Waals surface area contributed by atoms with E-state index in [2.05, 4.69) is 4.90 Å². The molecule has 0 radical (unpaired) electrons. The lowest BCUT2D eigenvalue weighted by atomic mass is 9.90. The quantitative estimate of drug-likeness (QED) is 0.878.